The highest BCUT2D eigenvalue weighted by Gasteiger charge is 2.49. The maximum atomic E-state index is 5.25. The van der Waals surface area contributed by atoms with Crippen molar-refractivity contribution >= 4 is 5.69 Å². The van der Waals surface area contributed by atoms with Crippen LogP contribution in [-0.2, 0) is 0 Å². The van der Waals surface area contributed by atoms with Crippen molar-refractivity contribution in [1.29, 1.82) is 0 Å². The molecule has 0 saturated carbocycles. The first-order chi connectivity index (χ1) is 8.77. The molecule has 5 nitrogen and oxygen atoms in total. The second kappa shape index (κ2) is 3.68. The summed E-state index contributed by atoms with van der Waals surface area (Å²) in [6.45, 7) is 6.81. The van der Waals surface area contributed by atoms with Crippen LogP contribution in [0.5, 0.6) is 5.75 Å². The molecule has 0 atom stereocenters. The molecule has 96 valence electrons. The van der Waals surface area contributed by atoms with Gasteiger partial charge in [0.15, 0.2) is 0 Å². The third-order valence-corrected chi connectivity index (χ3v) is 4.23. The van der Waals surface area contributed by atoms with Crippen LogP contribution in [0.1, 0.15) is 0 Å². The number of methoxy groups -OCH3 is 1. The number of ether oxygens (including phenoxy) is 1. The first kappa shape index (κ1) is 10.8. The van der Waals surface area contributed by atoms with Crippen LogP contribution in [0.2, 0.25) is 0 Å². The van der Waals surface area contributed by atoms with Crippen molar-refractivity contribution in [3.8, 4) is 5.75 Å². The van der Waals surface area contributed by atoms with Crippen LogP contribution in [0.4, 0.5) is 5.69 Å². The zero-order valence-electron chi connectivity index (χ0n) is 10.7. The second-order valence-corrected chi connectivity index (χ2v) is 5.70. The summed E-state index contributed by atoms with van der Waals surface area (Å²) in [5.41, 5.74) is 1.40. The van der Waals surface area contributed by atoms with Crippen LogP contribution in [0.15, 0.2) is 24.3 Å². The Balaban J connectivity index is 1.70. The van der Waals surface area contributed by atoms with E-state index >= 15 is 0 Å². The summed E-state index contributed by atoms with van der Waals surface area (Å²) < 4.78 is 6.30. The van der Waals surface area contributed by atoms with Gasteiger partial charge < -0.3 is 4.74 Å². The zero-order valence-corrected chi connectivity index (χ0v) is 10.7. The average molecular weight is 247 g/mol. The maximum absolute atomic E-state index is 5.25. The van der Waals surface area contributed by atoms with Crippen LogP contribution in [0, 0.1) is 0 Å². The van der Waals surface area contributed by atoms with Crippen molar-refractivity contribution in [2.24, 2.45) is 0 Å². The van der Waals surface area contributed by atoms with Gasteiger partial charge in [0.2, 0.25) is 0 Å². The lowest BCUT2D eigenvalue weighted by atomic mass is 10.2. The van der Waals surface area contributed by atoms with E-state index < -0.39 is 0 Å². The minimum absolute atomic E-state index is 0.939. The molecule has 1 aromatic carbocycles. The van der Waals surface area contributed by atoms with Crippen molar-refractivity contribution in [2.75, 3.05) is 47.1 Å². The SMILES string of the molecule is COc1ccc([N+]23CN4CN(CN(C4)C2)C3)cc1. The monoisotopic (exact) mass is 247 g/mol. The lowest BCUT2D eigenvalue weighted by Crippen LogP contribution is -2.80. The summed E-state index contributed by atoms with van der Waals surface area (Å²) in [6.07, 6.45) is 0. The van der Waals surface area contributed by atoms with Gasteiger partial charge >= 0.3 is 0 Å². The van der Waals surface area contributed by atoms with E-state index in [2.05, 4.69) is 39.0 Å². The van der Waals surface area contributed by atoms with Crippen LogP contribution >= 0.6 is 0 Å². The number of nitrogens with zero attached hydrogens (tertiary/aromatic N) is 4. The highest BCUT2D eigenvalue weighted by molar-refractivity contribution is 5.46. The molecule has 4 aliphatic heterocycles. The molecule has 5 rings (SSSR count). The predicted molar refractivity (Wildman–Crippen MR) is 69.5 cm³/mol. The van der Waals surface area contributed by atoms with Gasteiger partial charge in [0, 0.05) is 12.1 Å². The Bertz CT molecular complexity index is 423. The lowest BCUT2D eigenvalue weighted by molar-refractivity contribution is -0.189. The molecular formula is C13H19N4O+. The van der Waals surface area contributed by atoms with Gasteiger partial charge in [0.25, 0.3) is 0 Å². The van der Waals surface area contributed by atoms with Gasteiger partial charge in [0.1, 0.15) is 31.4 Å². The fraction of sp³-hybridized carbons (Fsp3) is 0.538. The average Bonchev–Trinajstić information content (AvgIpc) is 2.37. The molecule has 5 heteroatoms. The van der Waals surface area contributed by atoms with Gasteiger partial charge in [-0.3, -0.25) is 4.48 Å². The summed E-state index contributed by atoms with van der Waals surface area (Å²) >= 11 is 0. The Morgan fingerprint density at radius 2 is 1.39 bits per heavy atom. The molecule has 4 saturated heterocycles. The van der Waals surface area contributed by atoms with Crippen molar-refractivity contribution < 1.29 is 4.74 Å². The first-order valence-electron chi connectivity index (χ1n) is 6.45. The smallest absolute Gasteiger partial charge is 0.143 e. The fourth-order valence-electron chi connectivity index (χ4n) is 3.68. The Morgan fingerprint density at radius 3 is 1.83 bits per heavy atom. The van der Waals surface area contributed by atoms with Crippen molar-refractivity contribution in [3.05, 3.63) is 24.3 Å². The summed E-state index contributed by atoms with van der Waals surface area (Å²) in [5.74, 6) is 0.939. The topological polar surface area (TPSA) is 19.0 Å². The van der Waals surface area contributed by atoms with E-state index in [-0.39, 0.29) is 0 Å². The van der Waals surface area contributed by atoms with Gasteiger partial charge in [-0.1, -0.05) is 0 Å². The fourth-order valence-corrected chi connectivity index (χ4v) is 3.68. The third kappa shape index (κ3) is 1.48. The van der Waals surface area contributed by atoms with Crippen LogP contribution in [0.3, 0.4) is 0 Å². The van der Waals surface area contributed by atoms with Crippen molar-refractivity contribution in [1.82, 2.24) is 19.2 Å². The van der Waals surface area contributed by atoms with Gasteiger partial charge in [-0.05, 0) is 12.1 Å². The van der Waals surface area contributed by atoms with Gasteiger partial charge in [0.05, 0.1) is 27.1 Å². The van der Waals surface area contributed by atoms with Crippen molar-refractivity contribution in [3.63, 3.8) is 0 Å². The molecule has 4 aliphatic rings. The quantitative estimate of drug-likeness (QED) is 0.716. The van der Waals surface area contributed by atoms with Crippen molar-refractivity contribution in [2.45, 2.75) is 0 Å². The minimum Gasteiger partial charge on any atom is -0.497 e. The standard InChI is InChI=1S/C13H19N4O/c1-18-13-4-2-12(3-5-13)17-9-14-6-15(10-17)8-16(7-14)11-17/h2-5H,6-11H2,1H3/q+1. The molecular weight excluding hydrogens is 228 g/mol. The van der Waals surface area contributed by atoms with E-state index in [1.165, 1.54) is 5.69 Å². The Hall–Kier alpha value is -1.14. The predicted octanol–water partition coefficient (Wildman–Crippen LogP) is 0.694. The van der Waals surface area contributed by atoms with Gasteiger partial charge in [-0.2, -0.15) is 0 Å². The molecule has 0 amide bonds. The second-order valence-electron chi connectivity index (χ2n) is 5.70. The third-order valence-electron chi connectivity index (χ3n) is 4.23. The van der Waals surface area contributed by atoms with E-state index in [0.29, 0.717) is 0 Å². The Morgan fingerprint density at radius 1 is 0.889 bits per heavy atom. The largest absolute Gasteiger partial charge is 0.497 e. The molecule has 0 unspecified atom stereocenters. The summed E-state index contributed by atoms with van der Waals surface area (Å²) in [5, 5.41) is 0. The maximum Gasteiger partial charge on any atom is 0.143 e. The van der Waals surface area contributed by atoms with Crippen LogP contribution < -0.4 is 9.22 Å². The highest BCUT2D eigenvalue weighted by atomic mass is 16.5. The number of hydrogen-bond donors (Lipinski definition) is 0. The molecule has 4 bridgehead atoms. The van der Waals surface area contributed by atoms with Gasteiger partial charge in [-0.15, -0.1) is 0 Å². The molecule has 1 aromatic rings. The van der Waals surface area contributed by atoms with E-state index in [9.17, 15) is 0 Å². The number of quaternary nitrogens is 1. The molecule has 0 spiro atoms. The van der Waals surface area contributed by atoms with Crippen LogP contribution in [0.25, 0.3) is 0 Å². The minimum atomic E-state index is 0.939. The molecule has 0 radical (unpaired) electrons. The first-order valence-corrected chi connectivity index (χ1v) is 6.45. The molecule has 0 aliphatic carbocycles. The zero-order chi connectivity index (χ0) is 12.2. The van der Waals surface area contributed by atoms with Gasteiger partial charge in [-0.25, -0.2) is 14.7 Å². The number of hydrogen-bond acceptors (Lipinski definition) is 4. The molecule has 4 fully saturated rings. The summed E-state index contributed by atoms with van der Waals surface area (Å²) in [6, 6.07) is 8.59. The van der Waals surface area contributed by atoms with E-state index in [1.807, 2.05) is 0 Å². The molecule has 0 aromatic heterocycles. The Kier molecular flexibility index (Phi) is 2.20. The van der Waals surface area contributed by atoms with Crippen LogP contribution in [-0.4, -0.2) is 61.8 Å². The summed E-state index contributed by atoms with van der Waals surface area (Å²) in [7, 11) is 1.72. The lowest BCUT2D eigenvalue weighted by Gasteiger charge is -2.60. The molecule has 18 heavy (non-hydrogen) atoms. The number of rotatable bonds is 2. The van der Waals surface area contributed by atoms with E-state index in [4.69, 9.17) is 4.74 Å². The highest BCUT2D eigenvalue weighted by Crippen LogP contribution is 2.35. The Labute approximate surface area is 107 Å². The molecule has 4 heterocycles. The van der Waals surface area contributed by atoms with E-state index in [0.717, 1.165) is 50.2 Å². The summed E-state index contributed by atoms with van der Waals surface area (Å²) in [4.78, 5) is 7.59. The molecule has 0 N–H and O–H groups in total. The number of benzene rings is 1. The normalized spacial score (nSPS) is 41.1. The van der Waals surface area contributed by atoms with E-state index in [1.54, 1.807) is 7.11 Å².